The van der Waals surface area contributed by atoms with Crippen LogP contribution in [0.5, 0.6) is 0 Å². The van der Waals surface area contributed by atoms with Gasteiger partial charge in [0.25, 0.3) is 5.91 Å². The molecule has 1 aromatic carbocycles. The minimum absolute atomic E-state index is 0.129. The Morgan fingerprint density at radius 2 is 1.83 bits per heavy atom. The molecule has 0 saturated carbocycles. The molecule has 0 saturated heterocycles. The van der Waals surface area contributed by atoms with Crippen LogP contribution < -0.4 is 5.32 Å². The zero-order chi connectivity index (χ0) is 25.3. The highest BCUT2D eigenvalue weighted by molar-refractivity contribution is 7.99. The van der Waals surface area contributed by atoms with E-state index in [0.29, 0.717) is 20.9 Å². The summed E-state index contributed by atoms with van der Waals surface area (Å²) >= 11 is 4.17. The normalized spacial score (nSPS) is 11.0. The van der Waals surface area contributed by atoms with E-state index in [2.05, 4.69) is 64.0 Å². The van der Waals surface area contributed by atoms with Crippen molar-refractivity contribution >= 4 is 51.4 Å². The second-order valence-electron chi connectivity index (χ2n) is 8.28. The zero-order valence-corrected chi connectivity index (χ0v) is 22.8. The second-order valence-corrected chi connectivity index (χ2v) is 11.3. The third-order valence-corrected chi connectivity index (χ3v) is 8.36. The van der Waals surface area contributed by atoms with Crippen LogP contribution in [-0.4, -0.2) is 56.3 Å². The van der Waals surface area contributed by atoms with Crippen molar-refractivity contribution in [2.75, 3.05) is 25.2 Å². The number of hydrogen-bond acceptors (Lipinski definition) is 8. The average molecular weight is 527 g/mol. The maximum Gasteiger partial charge on any atom is 0.265 e. The Morgan fingerprint density at radius 3 is 2.51 bits per heavy atom. The monoisotopic (exact) mass is 526 g/mol. The molecule has 3 aromatic heterocycles. The molecule has 0 bridgehead atoms. The largest absolute Gasteiger partial charge is 0.344 e. The van der Waals surface area contributed by atoms with Crippen LogP contribution >= 0.6 is 34.4 Å². The van der Waals surface area contributed by atoms with Gasteiger partial charge >= 0.3 is 0 Å². The van der Waals surface area contributed by atoms with Crippen LogP contribution in [0.15, 0.2) is 34.8 Å². The molecular weight excluding hydrogens is 501 g/mol. The lowest BCUT2D eigenvalue weighted by molar-refractivity contribution is -0.113. The lowest BCUT2D eigenvalue weighted by Crippen LogP contribution is -2.21. The maximum atomic E-state index is 12.6. The Kier molecular flexibility index (Phi) is 7.39. The highest BCUT2D eigenvalue weighted by atomic mass is 32.2. The van der Waals surface area contributed by atoms with Crippen molar-refractivity contribution in [2.24, 2.45) is 7.05 Å². The third-order valence-electron chi connectivity index (χ3n) is 5.37. The van der Waals surface area contributed by atoms with Gasteiger partial charge in [-0.2, -0.15) is 0 Å². The molecule has 35 heavy (non-hydrogen) atoms. The molecule has 3 heterocycles. The summed E-state index contributed by atoms with van der Waals surface area (Å²) in [6.07, 6.45) is 0. The number of thioether (sulfide) groups is 1. The number of anilines is 1. The van der Waals surface area contributed by atoms with Crippen molar-refractivity contribution in [1.29, 1.82) is 0 Å². The van der Waals surface area contributed by atoms with Crippen molar-refractivity contribution in [3.63, 3.8) is 0 Å². The number of carbonyl (C=O) groups excluding carboxylic acids is 2. The van der Waals surface area contributed by atoms with Gasteiger partial charge in [0.05, 0.1) is 11.4 Å². The van der Waals surface area contributed by atoms with Crippen LogP contribution in [0.2, 0.25) is 0 Å². The lowest BCUT2D eigenvalue weighted by atomic mass is 10.0. The number of carbonyl (C=O) groups is 2. The quantitative estimate of drug-likeness (QED) is 0.340. The van der Waals surface area contributed by atoms with Crippen LogP contribution in [0.4, 0.5) is 5.13 Å². The van der Waals surface area contributed by atoms with Gasteiger partial charge < -0.3 is 14.8 Å². The number of nitrogens with zero attached hydrogens (tertiary/aromatic N) is 5. The summed E-state index contributed by atoms with van der Waals surface area (Å²) in [5.41, 5.74) is 5.14. The van der Waals surface area contributed by atoms with E-state index >= 15 is 0 Å². The molecule has 11 heteroatoms. The minimum Gasteiger partial charge on any atom is -0.344 e. The van der Waals surface area contributed by atoms with Crippen LogP contribution in [-0.2, 0) is 11.8 Å². The summed E-state index contributed by atoms with van der Waals surface area (Å²) in [6.45, 7) is 5.94. The first-order valence-corrected chi connectivity index (χ1v) is 13.5. The summed E-state index contributed by atoms with van der Waals surface area (Å²) in [7, 11) is 5.28. The average Bonchev–Trinajstić information content (AvgIpc) is 3.48. The van der Waals surface area contributed by atoms with Crippen molar-refractivity contribution in [2.45, 2.75) is 25.9 Å². The Hall–Kier alpha value is -3.02. The van der Waals surface area contributed by atoms with Gasteiger partial charge in [0.2, 0.25) is 5.91 Å². The molecule has 8 nitrogen and oxygen atoms in total. The Labute approximate surface area is 216 Å². The summed E-state index contributed by atoms with van der Waals surface area (Å²) in [4.78, 5) is 32.3. The number of aromatic nitrogens is 4. The van der Waals surface area contributed by atoms with E-state index in [1.807, 2.05) is 11.6 Å². The SMILES string of the molecule is Cc1ccc(-c2c(-c3nnc(SCC(=O)Nc4nc(C)c(C(=O)N(C)C)s4)n3C)csc2C)cc1. The Morgan fingerprint density at radius 1 is 1.11 bits per heavy atom. The van der Waals surface area contributed by atoms with Gasteiger partial charge in [-0.3, -0.25) is 9.59 Å². The predicted molar refractivity (Wildman–Crippen MR) is 143 cm³/mol. The molecule has 0 fully saturated rings. The number of hydrogen-bond donors (Lipinski definition) is 1. The number of benzene rings is 1. The molecule has 0 unspecified atom stereocenters. The third kappa shape index (κ3) is 5.31. The predicted octanol–water partition coefficient (Wildman–Crippen LogP) is 5.02. The number of amides is 2. The molecule has 0 atom stereocenters. The minimum atomic E-state index is -0.219. The van der Waals surface area contributed by atoms with Crippen molar-refractivity contribution < 1.29 is 9.59 Å². The Bertz CT molecular complexity index is 1380. The first-order valence-electron chi connectivity index (χ1n) is 10.8. The molecule has 0 aliphatic heterocycles. The highest BCUT2D eigenvalue weighted by Crippen LogP contribution is 2.39. The molecule has 4 rings (SSSR count). The van der Waals surface area contributed by atoms with Gasteiger partial charge in [-0.15, -0.1) is 21.5 Å². The first kappa shape index (κ1) is 25.1. The molecule has 0 aliphatic carbocycles. The fourth-order valence-electron chi connectivity index (χ4n) is 3.51. The molecule has 0 spiro atoms. The van der Waals surface area contributed by atoms with Gasteiger partial charge in [-0.25, -0.2) is 4.98 Å². The van der Waals surface area contributed by atoms with E-state index in [1.165, 1.54) is 38.4 Å². The number of thiazole rings is 1. The van der Waals surface area contributed by atoms with E-state index in [4.69, 9.17) is 0 Å². The van der Waals surface area contributed by atoms with Gasteiger partial charge in [-0.1, -0.05) is 52.9 Å². The van der Waals surface area contributed by atoms with Gasteiger partial charge in [0.1, 0.15) is 4.88 Å². The molecule has 4 aromatic rings. The molecule has 2 amide bonds. The van der Waals surface area contributed by atoms with E-state index in [-0.39, 0.29) is 17.6 Å². The van der Waals surface area contributed by atoms with Crippen molar-refractivity contribution in [1.82, 2.24) is 24.6 Å². The number of nitrogens with one attached hydrogen (secondary N) is 1. The molecular formula is C24H26N6O2S3. The molecule has 1 N–H and O–H groups in total. The van der Waals surface area contributed by atoms with E-state index in [1.54, 1.807) is 32.4 Å². The Balaban J connectivity index is 1.47. The molecule has 182 valence electrons. The van der Waals surface area contributed by atoms with Gasteiger partial charge in [0.15, 0.2) is 16.1 Å². The highest BCUT2D eigenvalue weighted by Gasteiger charge is 2.21. The molecule has 0 aliphatic rings. The standard InChI is InChI=1S/C24H26N6O2S3/c1-13-7-9-16(10-8-13)19-15(3)33-11-17(19)21-27-28-24(30(21)6)34-12-18(31)26-23-25-14(2)20(35-23)22(32)29(4)5/h7-11H,12H2,1-6H3,(H,25,26,31). The van der Waals surface area contributed by atoms with E-state index in [0.717, 1.165) is 22.5 Å². The fourth-order valence-corrected chi connectivity index (χ4v) is 6.09. The summed E-state index contributed by atoms with van der Waals surface area (Å²) in [6, 6.07) is 8.47. The lowest BCUT2D eigenvalue weighted by Gasteiger charge is -2.08. The zero-order valence-electron chi connectivity index (χ0n) is 20.4. The maximum absolute atomic E-state index is 12.6. The summed E-state index contributed by atoms with van der Waals surface area (Å²) in [5.74, 6) is 0.559. The van der Waals surface area contributed by atoms with Crippen LogP contribution in [0.3, 0.4) is 0 Å². The number of rotatable bonds is 7. The topological polar surface area (TPSA) is 93.0 Å². The van der Waals surface area contributed by atoms with Gasteiger partial charge in [-0.05, 0) is 26.3 Å². The van der Waals surface area contributed by atoms with Crippen LogP contribution in [0, 0.1) is 20.8 Å². The second kappa shape index (κ2) is 10.3. The summed E-state index contributed by atoms with van der Waals surface area (Å²) in [5, 5.41) is 14.7. The van der Waals surface area contributed by atoms with Crippen molar-refractivity contribution in [3.8, 4) is 22.5 Å². The molecule has 0 radical (unpaired) electrons. The number of aryl methyl sites for hydroxylation is 3. The smallest absolute Gasteiger partial charge is 0.265 e. The van der Waals surface area contributed by atoms with E-state index in [9.17, 15) is 9.59 Å². The fraction of sp³-hybridized carbons (Fsp3) is 0.292. The van der Waals surface area contributed by atoms with E-state index < -0.39 is 0 Å². The van der Waals surface area contributed by atoms with Gasteiger partial charge in [0, 0.05) is 42.5 Å². The summed E-state index contributed by atoms with van der Waals surface area (Å²) < 4.78 is 1.92. The first-order chi connectivity index (χ1) is 16.7. The number of thiophene rings is 1. The van der Waals surface area contributed by atoms with Crippen molar-refractivity contribution in [3.05, 3.63) is 50.7 Å². The van der Waals surface area contributed by atoms with Crippen LogP contribution in [0.1, 0.15) is 25.8 Å². The van der Waals surface area contributed by atoms with Crippen LogP contribution in [0.25, 0.3) is 22.5 Å².